The van der Waals surface area contributed by atoms with Crippen LogP contribution in [0, 0.1) is 6.92 Å². The van der Waals surface area contributed by atoms with Gasteiger partial charge in [-0.1, -0.05) is 36.2 Å². The van der Waals surface area contributed by atoms with Crippen molar-refractivity contribution in [3.63, 3.8) is 0 Å². The molecule has 1 aliphatic heterocycles. The molecule has 1 amide bonds. The molecule has 0 aliphatic carbocycles. The summed E-state index contributed by atoms with van der Waals surface area (Å²) in [5.41, 5.74) is 2.37. The van der Waals surface area contributed by atoms with E-state index in [9.17, 15) is 4.79 Å². The summed E-state index contributed by atoms with van der Waals surface area (Å²) in [6, 6.07) is 8.17. The van der Waals surface area contributed by atoms with E-state index in [1.54, 1.807) is 11.4 Å². The van der Waals surface area contributed by atoms with Crippen molar-refractivity contribution in [1.82, 2.24) is 4.31 Å². The van der Waals surface area contributed by atoms with Crippen LogP contribution in [0.5, 0.6) is 0 Å². The molecule has 3 nitrogen and oxygen atoms in total. The van der Waals surface area contributed by atoms with Crippen molar-refractivity contribution in [3.05, 3.63) is 35.4 Å². The summed E-state index contributed by atoms with van der Waals surface area (Å²) < 4.78 is 7.02. The number of benzene rings is 1. The Morgan fingerprint density at radius 3 is 2.62 bits per heavy atom. The fraction of sp³-hybridized carbons (Fsp3) is 0.417. The first-order chi connectivity index (χ1) is 7.70. The molecule has 0 N–H and O–H groups in total. The van der Waals surface area contributed by atoms with Crippen LogP contribution in [0.4, 0.5) is 0 Å². The zero-order valence-electron chi connectivity index (χ0n) is 9.64. The van der Waals surface area contributed by atoms with Gasteiger partial charge in [0.05, 0.1) is 0 Å². The van der Waals surface area contributed by atoms with E-state index in [0.29, 0.717) is 0 Å². The number of carbonyl (C=O) groups excluding carboxylic acids is 1. The predicted octanol–water partition coefficient (Wildman–Crippen LogP) is 2.17. The number of rotatable bonds is 3. The average molecular weight is 237 g/mol. The summed E-state index contributed by atoms with van der Waals surface area (Å²) in [5.74, 6) is 0.0586. The van der Waals surface area contributed by atoms with E-state index in [4.69, 9.17) is 4.74 Å². The third-order valence-electron chi connectivity index (χ3n) is 2.96. The lowest BCUT2D eigenvalue weighted by Gasteiger charge is -2.45. The van der Waals surface area contributed by atoms with Gasteiger partial charge in [0.1, 0.15) is 6.04 Å². The van der Waals surface area contributed by atoms with Gasteiger partial charge in [0.2, 0.25) is 0 Å². The maximum Gasteiger partial charge on any atom is 0.264 e. The molecule has 0 bridgehead atoms. The van der Waals surface area contributed by atoms with Gasteiger partial charge in [0.25, 0.3) is 5.91 Å². The molecule has 0 aromatic heterocycles. The van der Waals surface area contributed by atoms with Gasteiger partial charge < -0.3 is 4.74 Å². The molecule has 16 heavy (non-hydrogen) atoms. The van der Waals surface area contributed by atoms with Crippen LogP contribution in [0.3, 0.4) is 0 Å². The molecule has 1 heterocycles. The van der Waals surface area contributed by atoms with E-state index < -0.39 is 0 Å². The molecule has 0 unspecified atom stereocenters. The molecule has 1 aromatic carbocycles. The van der Waals surface area contributed by atoms with Crippen LogP contribution in [0.15, 0.2) is 24.3 Å². The molecule has 1 aliphatic rings. The third kappa shape index (κ3) is 1.62. The van der Waals surface area contributed by atoms with Crippen molar-refractivity contribution in [3.8, 4) is 0 Å². The van der Waals surface area contributed by atoms with Crippen molar-refractivity contribution < 1.29 is 9.53 Å². The van der Waals surface area contributed by atoms with Crippen molar-refractivity contribution >= 4 is 17.9 Å². The molecule has 1 saturated heterocycles. The third-order valence-corrected chi connectivity index (χ3v) is 3.76. The number of β-lactam (4-membered cyclic amide) rings is 1. The van der Waals surface area contributed by atoms with Gasteiger partial charge in [-0.3, -0.25) is 9.10 Å². The van der Waals surface area contributed by atoms with Crippen molar-refractivity contribution in [2.24, 2.45) is 0 Å². The number of amides is 1. The van der Waals surface area contributed by atoms with Crippen LogP contribution in [0.25, 0.3) is 0 Å². The first-order valence-corrected chi connectivity index (χ1v) is 6.34. The molecule has 86 valence electrons. The zero-order chi connectivity index (χ0) is 11.7. The second-order valence-corrected chi connectivity index (χ2v) is 4.56. The van der Waals surface area contributed by atoms with Crippen LogP contribution in [-0.4, -0.2) is 29.7 Å². The molecular formula is C12H15NO2S. The number of methoxy groups -OCH3 is 1. The van der Waals surface area contributed by atoms with Gasteiger partial charge in [-0.25, -0.2) is 0 Å². The molecule has 0 spiro atoms. The average Bonchev–Trinajstić information content (AvgIpc) is 2.28. The lowest BCUT2D eigenvalue weighted by atomic mass is 9.91. The summed E-state index contributed by atoms with van der Waals surface area (Å²) in [6.45, 7) is 2.06. The fourth-order valence-corrected chi connectivity index (χ4v) is 2.81. The van der Waals surface area contributed by atoms with E-state index in [1.807, 2.05) is 18.4 Å². The first kappa shape index (κ1) is 11.5. The van der Waals surface area contributed by atoms with E-state index in [-0.39, 0.29) is 18.1 Å². The number of hydrogen-bond acceptors (Lipinski definition) is 3. The number of ether oxygens (including phenoxy) is 1. The summed E-state index contributed by atoms with van der Waals surface area (Å²) in [6.07, 6.45) is 1.59. The van der Waals surface area contributed by atoms with Crippen molar-refractivity contribution in [1.29, 1.82) is 0 Å². The maximum absolute atomic E-state index is 11.7. The summed E-state index contributed by atoms with van der Waals surface area (Å²) in [7, 11) is 1.59. The molecule has 0 saturated carbocycles. The van der Waals surface area contributed by atoms with Gasteiger partial charge >= 0.3 is 0 Å². The number of nitrogens with zero attached hydrogens (tertiary/aromatic N) is 1. The standard InChI is InChI=1S/C12H15NO2S/c1-8-6-4-5-7-9(8)10-11(15-2)12(14)13(10)16-3/h4-7,10-11H,1-3H3/t10-,11+/m0/s1. The molecule has 1 aromatic rings. The van der Waals surface area contributed by atoms with Crippen LogP contribution in [-0.2, 0) is 9.53 Å². The van der Waals surface area contributed by atoms with E-state index in [0.717, 1.165) is 0 Å². The fourth-order valence-electron chi connectivity index (χ4n) is 2.08. The molecule has 2 atom stereocenters. The highest BCUT2D eigenvalue weighted by atomic mass is 32.2. The normalized spacial score (nSPS) is 24.4. The minimum Gasteiger partial charge on any atom is -0.369 e. The maximum atomic E-state index is 11.7. The van der Waals surface area contributed by atoms with E-state index >= 15 is 0 Å². The Kier molecular flexibility index (Phi) is 3.21. The Morgan fingerprint density at radius 1 is 1.38 bits per heavy atom. The van der Waals surface area contributed by atoms with Crippen LogP contribution < -0.4 is 0 Å². The van der Waals surface area contributed by atoms with Gasteiger partial charge in [-0.2, -0.15) is 0 Å². The van der Waals surface area contributed by atoms with E-state index in [2.05, 4.69) is 19.1 Å². The van der Waals surface area contributed by atoms with Crippen LogP contribution in [0.2, 0.25) is 0 Å². The quantitative estimate of drug-likeness (QED) is 0.596. The predicted molar refractivity (Wildman–Crippen MR) is 65.1 cm³/mol. The van der Waals surface area contributed by atoms with Crippen LogP contribution >= 0.6 is 11.9 Å². The largest absolute Gasteiger partial charge is 0.369 e. The lowest BCUT2D eigenvalue weighted by Crippen LogP contribution is -2.56. The smallest absolute Gasteiger partial charge is 0.264 e. The molecule has 4 heteroatoms. The monoisotopic (exact) mass is 237 g/mol. The van der Waals surface area contributed by atoms with Crippen LogP contribution in [0.1, 0.15) is 17.2 Å². The molecular weight excluding hydrogens is 222 g/mol. The molecule has 0 radical (unpaired) electrons. The Bertz CT molecular complexity index is 394. The highest BCUT2D eigenvalue weighted by Gasteiger charge is 2.49. The summed E-state index contributed by atoms with van der Waals surface area (Å²) in [4.78, 5) is 11.7. The van der Waals surface area contributed by atoms with Crippen molar-refractivity contribution in [2.75, 3.05) is 13.4 Å². The van der Waals surface area contributed by atoms with Gasteiger partial charge in [-0.05, 0) is 18.1 Å². The summed E-state index contributed by atoms with van der Waals surface area (Å²) in [5, 5.41) is 0. The number of aryl methyl sites for hydroxylation is 1. The highest BCUT2D eigenvalue weighted by molar-refractivity contribution is 7.96. The molecule has 2 rings (SSSR count). The minimum atomic E-state index is -0.325. The van der Waals surface area contributed by atoms with Gasteiger partial charge in [-0.15, -0.1) is 0 Å². The van der Waals surface area contributed by atoms with Gasteiger partial charge in [0.15, 0.2) is 6.10 Å². The topological polar surface area (TPSA) is 29.5 Å². The van der Waals surface area contributed by atoms with E-state index in [1.165, 1.54) is 23.1 Å². The Morgan fingerprint density at radius 2 is 2.06 bits per heavy atom. The Balaban J connectivity index is 2.32. The minimum absolute atomic E-state index is 0.0497. The lowest BCUT2D eigenvalue weighted by molar-refractivity contribution is -0.158. The zero-order valence-corrected chi connectivity index (χ0v) is 10.5. The highest BCUT2D eigenvalue weighted by Crippen LogP contribution is 2.41. The summed E-state index contributed by atoms with van der Waals surface area (Å²) >= 11 is 1.45. The molecule has 1 fully saturated rings. The van der Waals surface area contributed by atoms with Crippen molar-refractivity contribution in [2.45, 2.75) is 19.1 Å². The second-order valence-electron chi connectivity index (χ2n) is 3.80. The van der Waals surface area contributed by atoms with Gasteiger partial charge in [0, 0.05) is 13.4 Å². The number of carbonyl (C=O) groups is 1. The Hall–Kier alpha value is -1.00. The Labute approximate surface area is 99.9 Å². The SMILES string of the molecule is CO[C@H]1C(=O)N(SC)[C@H]1c1ccccc1C. The first-order valence-electron chi connectivity index (χ1n) is 5.16. The number of hydrogen-bond donors (Lipinski definition) is 0. The second kappa shape index (κ2) is 4.47.